The summed E-state index contributed by atoms with van der Waals surface area (Å²) < 4.78 is 27.7. The van der Waals surface area contributed by atoms with E-state index in [1.165, 1.54) is 18.7 Å². The predicted molar refractivity (Wildman–Crippen MR) is 178 cm³/mol. The maximum Gasteiger partial charge on any atom is 0.244 e. The number of hydrogen-bond acceptors (Lipinski definition) is 9. The molecule has 0 bridgehead atoms. The largest absolute Gasteiger partial charge is 0.371 e. The lowest BCUT2D eigenvalue weighted by molar-refractivity contribution is -0.122. The van der Waals surface area contributed by atoms with Crippen molar-refractivity contribution in [2.45, 2.75) is 99.2 Å². The number of ether oxygens (including phenoxy) is 1. The molecule has 0 saturated carbocycles. The maximum atomic E-state index is 12.5. The zero-order valence-corrected chi connectivity index (χ0v) is 29.1. The van der Waals surface area contributed by atoms with Gasteiger partial charge in [-0.1, -0.05) is 75.5 Å². The molecule has 1 aromatic carbocycles. The number of hydrogen-bond donors (Lipinski definition) is 2. The summed E-state index contributed by atoms with van der Waals surface area (Å²) in [4.78, 5) is 45.4. The number of carbonyl (C=O) groups is 4. The van der Waals surface area contributed by atoms with E-state index >= 15 is 0 Å². The van der Waals surface area contributed by atoms with E-state index < -0.39 is 6.67 Å². The summed E-state index contributed by atoms with van der Waals surface area (Å²) in [6.07, 6.45) is 7.23. The highest BCUT2D eigenvalue weighted by Gasteiger charge is 2.39. The number of benzene rings is 1. The van der Waals surface area contributed by atoms with Gasteiger partial charge >= 0.3 is 0 Å². The third kappa shape index (κ3) is 16.8. The van der Waals surface area contributed by atoms with Gasteiger partial charge in [-0.2, -0.15) is 0 Å². The number of para-hydroxylation sites is 1. The zero-order valence-electron chi connectivity index (χ0n) is 29.1. The molecule has 2 aromatic rings. The van der Waals surface area contributed by atoms with Crippen molar-refractivity contribution in [3.8, 4) is 0 Å². The van der Waals surface area contributed by atoms with Crippen molar-refractivity contribution >= 4 is 30.0 Å². The number of ketones is 1. The van der Waals surface area contributed by atoms with Crippen molar-refractivity contribution in [3.05, 3.63) is 41.2 Å². The SMILES string of the molecule is CC.CC.CC(=O)COCCF.CC[C@H](C)CC=O.CNCc1cn(F)nn1.CN[C@H]1CCc2cccc3c2N(C1=O)[C@H](C=O)C3. The van der Waals surface area contributed by atoms with Gasteiger partial charge in [0.2, 0.25) is 5.91 Å². The number of likely N-dealkylation sites (N-methyl/N-ethyl adjacent to an activating group) is 1. The molecule has 262 valence electrons. The third-order valence-electron chi connectivity index (χ3n) is 6.54. The van der Waals surface area contributed by atoms with E-state index in [1.54, 1.807) is 19.0 Å². The smallest absolute Gasteiger partial charge is 0.244 e. The lowest BCUT2D eigenvalue weighted by Crippen LogP contribution is -2.48. The average Bonchev–Trinajstić information content (AvgIpc) is 3.63. The second-order valence-corrected chi connectivity index (χ2v) is 9.91. The van der Waals surface area contributed by atoms with Crippen LogP contribution in [0.15, 0.2) is 24.4 Å². The zero-order chi connectivity index (χ0) is 35.5. The van der Waals surface area contributed by atoms with Crippen molar-refractivity contribution in [1.82, 2.24) is 25.8 Å². The molecule has 0 unspecified atom stereocenters. The molecule has 2 aliphatic rings. The average molecular weight is 655 g/mol. The number of rotatable bonds is 11. The number of aryl methyl sites for hydroxylation is 1. The standard InChI is InChI=1S/C14H16N2O2.C6H12O.C5H9FO2.C4H7FN4.2C2H6/c1-15-12-6-5-9-3-2-4-10-7-11(8-17)16(13(9)10)14(12)18;1-3-6(2)4-5-7;1-5(7)4-8-3-2-6;1-6-2-4-3-9(5)8-7-4;2*1-2/h2-4,8,11-12,15H,5-7H2,1H3;5-6H,3-4H2,1-2H3;2-4H2,1H3;3,6H,2H2,1H3;2*1-2H3/t11-,12-;6-;;;;/m00..../s1. The topological polar surface area (TPSA) is 136 Å². The van der Waals surface area contributed by atoms with E-state index in [4.69, 9.17) is 0 Å². The van der Waals surface area contributed by atoms with E-state index in [2.05, 4.69) is 45.6 Å². The first-order valence-corrected chi connectivity index (χ1v) is 16.0. The lowest BCUT2D eigenvalue weighted by Gasteiger charge is -2.24. The summed E-state index contributed by atoms with van der Waals surface area (Å²) in [7, 11) is 3.56. The van der Waals surface area contributed by atoms with Crippen LogP contribution in [0.3, 0.4) is 0 Å². The van der Waals surface area contributed by atoms with Crippen LogP contribution in [0, 0.1) is 5.92 Å². The van der Waals surface area contributed by atoms with Crippen LogP contribution in [0.2, 0.25) is 0 Å². The van der Waals surface area contributed by atoms with Crippen LogP contribution in [0.1, 0.15) is 84.5 Å². The van der Waals surface area contributed by atoms with Gasteiger partial charge in [0, 0.05) is 19.4 Å². The van der Waals surface area contributed by atoms with Crippen LogP contribution in [0.4, 0.5) is 14.6 Å². The summed E-state index contributed by atoms with van der Waals surface area (Å²) in [5, 5.41) is 12.4. The monoisotopic (exact) mass is 654 g/mol. The predicted octanol–water partition coefficient (Wildman–Crippen LogP) is 4.64. The molecule has 11 nitrogen and oxygen atoms in total. The number of nitrogens with one attached hydrogen (secondary N) is 2. The Morgan fingerprint density at radius 3 is 2.28 bits per heavy atom. The molecule has 2 aliphatic heterocycles. The van der Waals surface area contributed by atoms with Crippen molar-refractivity contribution in [2.75, 3.05) is 38.9 Å². The Bertz CT molecular complexity index is 1120. The highest BCUT2D eigenvalue weighted by Crippen LogP contribution is 2.38. The fourth-order valence-corrected chi connectivity index (χ4v) is 4.18. The van der Waals surface area contributed by atoms with Gasteiger partial charge in [-0.3, -0.25) is 14.5 Å². The molecule has 3 heterocycles. The normalized spacial score (nSPS) is 16.0. The molecule has 3 atom stereocenters. The van der Waals surface area contributed by atoms with E-state index in [1.807, 2.05) is 39.8 Å². The third-order valence-corrected chi connectivity index (χ3v) is 6.54. The molecule has 4 rings (SSSR count). The van der Waals surface area contributed by atoms with Gasteiger partial charge in [0.1, 0.15) is 25.9 Å². The number of nitrogens with zero attached hydrogens (tertiary/aromatic N) is 4. The number of aldehydes is 2. The Hall–Kier alpha value is -3.42. The Morgan fingerprint density at radius 2 is 1.83 bits per heavy atom. The summed E-state index contributed by atoms with van der Waals surface area (Å²) in [6, 6.07) is 5.57. The second kappa shape index (κ2) is 27.9. The van der Waals surface area contributed by atoms with E-state index in [9.17, 15) is 28.0 Å². The first-order chi connectivity index (χ1) is 22.2. The van der Waals surface area contributed by atoms with Crippen LogP contribution in [-0.2, 0) is 43.3 Å². The van der Waals surface area contributed by atoms with Crippen molar-refractivity contribution in [3.63, 3.8) is 0 Å². The fourth-order valence-electron chi connectivity index (χ4n) is 4.18. The lowest BCUT2D eigenvalue weighted by atomic mass is 10.0. The number of anilines is 1. The first-order valence-electron chi connectivity index (χ1n) is 16.0. The number of amides is 1. The highest BCUT2D eigenvalue weighted by molar-refractivity contribution is 6.04. The number of aromatic nitrogens is 3. The molecular weight excluding hydrogens is 598 g/mol. The minimum Gasteiger partial charge on any atom is -0.371 e. The quantitative estimate of drug-likeness (QED) is 0.262. The Labute approximate surface area is 273 Å². The number of Topliss-reactive ketones (excluding diaryl/α,β-unsaturated/α-hetero) is 1. The number of alkyl halides is 1. The van der Waals surface area contributed by atoms with Crippen LogP contribution in [0.5, 0.6) is 0 Å². The summed E-state index contributed by atoms with van der Waals surface area (Å²) in [5.74, 6) is 0.536. The molecular formula is C33H56F2N6O5. The second-order valence-electron chi connectivity index (χ2n) is 9.91. The van der Waals surface area contributed by atoms with Crippen LogP contribution in [-0.4, -0.2) is 85.5 Å². The Balaban J connectivity index is 0. The van der Waals surface area contributed by atoms with Gasteiger partial charge < -0.3 is 25.0 Å². The van der Waals surface area contributed by atoms with Crippen LogP contribution in [0.25, 0.3) is 0 Å². The van der Waals surface area contributed by atoms with Gasteiger partial charge in [0.25, 0.3) is 0 Å². The van der Waals surface area contributed by atoms with Crippen LogP contribution < -0.4 is 15.5 Å². The molecule has 1 aromatic heterocycles. The molecule has 0 saturated heterocycles. The van der Waals surface area contributed by atoms with Gasteiger partial charge in [-0.25, -0.2) is 4.39 Å². The Morgan fingerprint density at radius 1 is 1.17 bits per heavy atom. The molecule has 2 N–H and O–H groups in total. The Kier molecular flexibility index (Phi) is 27.1. The first kappa shape index (κ1) is 44.7. The van der Waals surface area contributed by atoms with Gasteiger partial charge in [0.05, 0.1) is 36.3 Å². The van der Waals surface area contributed by atoms with Crippen molar-refractivity contribution in [1.29, 1.82) is 0 Å². The number of carbonyl (C=O) groups excluding carboxylic acids is 4. The maximum absolute atomic E-state index is 12.5. The van der Waals surface area contributed by atoms with E-state index in [-0.39, 0.29) is 41.9 Å². The van der Waals surface area contributed by atoms with Crippen molar-refractivity contribution < 1.29 is 32.8 Å². The summed E-state index contributed by atoms with van der Waals surface area (Å²) in [6.45, 7) is 13.7. The molecule has 0 spiro atoms. The molecule has 46 heavy (non-hydrogen) atoms. The molecule has 0 radical (unpaired) electrons. The van der Waals surface area contributed by atoms with E-state index in [0.29, 0.717) is 24.6 Å². The molecule has 0 aliphatic carbocycles. The van der Waals surface area contributed by atoms with Crippen LogP contribution >= 0.6 is 0 Å². The van der Waals surface area contributed by atoms with E-state index in [0.717, 1.165) is 49.5 Å². The van der Waals surface area contributed by atoms with Gasteiger partial charge in [-0.15, -0.1) is 5.10 Å². The highest BCUT2D eigenvalue weighted by atomic mass is 19.2. The molecule has 1 amide bonds. The summed E-state index contributed by atoms with van der Waals surface area (Å²) >= 11 is 0. The minimum atomic E-state index is -0.521. The van der Waals surface area contributed by atoms with Gasteiger partial charge in [0.15, 0.2) is 5.78 Å². The minimum absolute atomic E-state index is 0.0262. The fraction of sp³-hybridized carbons (Fsp3) is 0.636. The van der Waals surface area contributed by atoms with Crippen molar-refractivity contribution in [2.24, 2.45) is 5.92 Å². The summed E-state index contributed by atoms with van der Waals surface area (Å²) in [5.41, 5.74) is 3.88. The number of halogens is 2. The molecule has 13 heteroatoms. The van der Waals surface area contributed by atoms with Gasteiger partial charge in [-0.05, 0) is 56.1 Å². The molecule has 0 fully saturated rings.